The number of carboxylic acids is 1. The van der Waals surface area contributed by atoms with Crippen molar-refractivity contribution in [3.05, 3.63) is 51.0 Å². The summed E-state index contributed by atoms with van der Waals surface area (Å²) in [5, 5.41) is 11.9. The molecule has 0 fully saturated rings. The molecule has 0 saturated heterocycles. The number of aryl methyl sites for hydroxylation is 3. The van der Waals surface area contributed by atoms with Gasteiger partial charge in [0.1, 0.15) is 4.83 Å². The molecule has 1 atom stereocenters. The van der Waals surface area contributed by atoms with Gasteiger partial charge < -0.3 is 9.84 Å². The summed E-state index contributed by atoms with van der Waals surface area (Å²) in [5.74, 6) is -1.01. The van der Waals surface area contributed by atoms with Crippen molar-refractivity contribution in [3.8, 4) is 11.1 Å². The van der Waals surface area contributed by atoms with E-state index in [1.54, 1.807) is 11.3 Å². The first-order valence-electron chi connectivity index (χ1n) is 10.3. The molecule has 0 radical (unpaired) electrons. The van der Waals surface area contributed by atoms with Crippen molar-refractivity contribution in [1.29, 1.82) is 0 Å². The number of fused-ring (bicyclic) bond motifs is 3. The smallest absolute Gasteiger partial charge is 0.337 e. The predicted molar refractivity (Wildman–Crippen MR) is 123 cm³/mol. The monoisotopic (exact) mass is 443 g/mol. The molecule has 6 heteroatoms. The molecule has 0 aliphatic heterocycles. The quantitative estimate of drug-likeness (QED) is 0.484. The maximum Gasteiger partial charge on any atom is 0.337 e. The highest BCUT2D eigenvalue weighted by molar-refractivity contribution is 7.19. The third-order valence-electron chi connectivity index (χ3n) is 5.42. The number of pyridine rings is 1. The fourth-order valence-corrected chi connectivity index (χ4v) is 5.68. The average Bonchev–Trinajstić information content (AvgIpc) is 3.03. The highest BCUT2D eigenvalue weighted by Gasteiger charge is 2.33. The van der Waals surface area contributed by atoms with E-state index in [1.807, 2.05) is 52.0 Å². The number of aliphatic carboxylic acids is 1. The number of carboxylic acid groups (broad SMARTS) is 1. The Balaban J connectivity index is 2.08. The van der Waals surface area contributed by atoms with Crippen molar-refractivity contribution in [1.82, 2.24) is 4.98 Å². The lowest BCUT2D eigenvalue weighted by atomic mass is 9.88. The van der Waals surface area contributed by atoms with E-state index >= 15 is 0 Å². The van der Waals surface area contributed by atoms with Crippen LogP contribution in [0.3, 0.4) is 0 Å². The molecule has 0 bridgehead atoms. The summed E-state index contributed by atoms with van der Waals surface area (Å²) in [6, 6.07) is 7.62. The summed E-state index contributed by atoms with van der Waals surface area (Å²) in [6.45, 7) is 7.50. The molecule has 1 aliphatic carbocycles. The second kappa shape index (κ2) is 7.95. The van der Waals surface area contributed by atoms with Gasteiger partial charge >= 0.3 is 5.97 Å². The van der Waals surface area contributed by atoms with Crippen molar-refractivity contribution >= 4 is 39.1 Å². The Morgan fingerprint density at radius 1 is 1.20 bits per heavy atom. The lowest BCUT2D eigenvalue weighted by Gasteiger charge is -2.28. The van der Waals surface area contributed by atoms with E-state index in [0.29, 0.717) is 16.3 Å². The molecule has 2 aromatic heterocycles. The molecule has 3 aromatic rings. The molecule has 0 amide bonds. The van der Waals surface area contributed by atoms with Gasteiger partial charge in [-0.25, -0.2) is 9.78 Å². The molecule has 4 nitrogen and oxygen atoms in total. The fourth-order valence-electron chi connectivity index (χ4n) is 4.24. The van der Waals surface area contributed by atoms with Gasteiger partial charge in [0, 0.05) is 32.1 Å². The summed E-state index contributed by atoms with van der Waals surface area (Å²) in [5.41, 5.74) is 3.90. The highest BCUT2D eigenvalue weighted by atomic mass is 35.5. The van der Waals surface area contributed by atoms with Crippen LogP contribution in [-0.4, -0.2) is 21.7 Å². The molecule has 1 aromatic carbocycles. The van der Waals surface area contributed by atoms with Gasteiger partial charge in [0.25, 0.3) is 0 Å². The summed E-state index contributed by atoms with van der Waals surface area (Å²) in [6.07, 6.45) is 3.28. The van der Waals surface area contributed by atoms with Gasteiger partial charge in [-0.1, -0.05) is 23.7 Å². The Bertz CT molecular complexity index is 1110. The van der Waals surface area contributed by atoms with Gasteiger partial charge in [-0.2, -0.15) is 0 Å². The molecule has 30 heavy (non-hydrogen) atoms. The van der Waals surface area contributed by atoms with Crippen molar-refractivity contribution in [3.63, 3.8) is 0 Å². The molecular formula is C24H26ClNO3S. The van der Waals surface area contributed by atoms with Crippen molar-refractivity contribution in [2.24, 2.45) is 0 Å². The van der Waals surface area contributed by atoms with Gasteiger partial charge in [-0.3, -0.25) is 0 Å². The predicted octanol–water partition coefficient (Wildman–Crippen LogP) is 6.74. The number of carbonyl (C=O) groups is 1. The zero-order valence-corrected chi connectivity index (χ0v) is 19.3. The number of thiophene rings is 1. The number of aromatic nitrogens is 1. The molecule has 158 valence electrons. The second-order valence-electron chi connectivity index (χ2n) is 8.83. The lowest BCUT2D eigenvalue weighted by molar-refractivity contribution is -0.160. The number of hydrogen-bond donors (Lipinski definition) is 1. The summed E-state index contributed by atoms with van der Waals surface area (Å²) >= 11 is 7.90. The van der Waals surface area contributed by atoms with Crippen LogP contribution in [0.15, 0.2) is 24.3 Å². The summed E-state index contributed by atoms with van der Waals surface area (Å²) in [4.78, 5) is 19.6. The minimum Gasteiger partial charge on any atom is -0.479 e. The van der Waals surface area contributed by atoms with Crippen molar-refractivity contribution < 1.29 is 14.6 Å². The molecule has 0 spiro atoms. The zero-order valence-electron chi connectivity index (χ0n) is 17.7. The van der Waals surface area contributed by atoms with Crippen molar-refractivity contribution in [2.75, 3.05) is 0 Å². The number of hydrogen-bond acceptors (Lipinski definition) is 4. The molecule has 2 heterocycles. The number of nitrogens with zero attached hydrogens (tertiary/aromatic N) is 1. The van der Waals surface area contributed by atoms with Gasteiger partial charge in [-0.15, -0.1) is 11.3 Å². The van der Waals surface area contributed by atoms with Gasteiger partial charge in [0.15, 0.2) is 6.10 Å². The second-order valence-corrected chi connectivity index (χ2v) is 10.4. The topological polar surface area (TPSA) is 59.4 Å². The van der Waals surface area contributed by atoms with Crippen LogP contribution in [0.25, 0.3) is 21.3 Å². The maximum absolute atomic E-state index is 12.4. The zero-order chi connectivity index (χ0) is 21.6. The average molecular weight is 444 g/mol. The Hall–Kier alpha value is -1.95. The first-order chi connectivity index (χ1) is 14.2. The van der Waals surface area contributed by atoms with E-state index in [2.05, 4.69) is 0 Å². The maximum atomic E-state index is 12.4. The van der Waals surface area contributed by atoms with Gasteiger partial charge in [-0.05, 0) is 76.6 Å². The van der Waals surface area contributed by atoms with Gasteiger partial charge in [0.2, 0.25) is 0 Å². The minimum absolute atomic E-state index is 0.615. The van der Waals surface area contributed by atoms with Crippen LogP contribution in [0.2, 0.25) is 5.02 Å². The Kier molecular flexibility index (Phi) is 5.64. The third-order valence-corrected chi connectivity index (χ3v) is 6.86. The number of halogens is 1. The van der Waals surface area contributed by atoms with Gasteiger partial charge in [0.05, 0.1) is 5.60 Å². The molecule has 4 rings (SSSR count). The van der Waals surface area contributed by atoms with Crippen LogP contribution < -0.4 is 0 Å². The van der Waals surface area contributed by atoms with Crippen LogP contribution in [0, 0.1) is 6.92 Å². The van der Waals surface area contributed by atoms with Crippen molar-refractivity contribution in [2.45, 2.75) is 65.1 Å². The Morgan fingerprint density at radius 2 is 1.87 bits per heavy atom. The first kappa shape index (κ1) is 21.3. The van der Waals surface area contributed by atoms with Crippen LogP contribution in [-0.2, 0) is 22.4 Å². The highest BCUT2D eigenvalue weighted by Crippen LogP contribution is 2.45. The Morgan fingerprint density at radius 3 is 2.50 bits per heavy atom. The van der Waals surface area contributed by atoms with E-state index in [0.717, 1.165) is 40.6 Å². The molecular weight excluding hydrogens is 418 g/mol. The third kappa shape index (κ3) is 3.98. The van der Waals surface area contributed by atoms with Crippen LogP contribution in [0.1, 0.15) is 61.4 Å². The molecule has 1 aliphatic rings. The van der Waals surface area contributed by atoms with E-state index in [4.69, 9.17) is 21.3 Å². The lowest BCUT2D eigenvalue weighted by Crippen LogP contribution is -2.28. The standard InChI is InChI=1S/C24H26ClNO3S/c1-13-18(21(23(27)28)29-24(2,3)4)19(14-9-11-15(25)12-10-14)20-16-7-5-6-8-17(16)30-22(20)26-13/h9-12,21H,5-8H2,1-4H3,(H,27,28). The number of rotatable bonds is 4. The SMILES string of the molecule is Cc1nc2sc3c(c2c(-c2ccc(Cl)cc2)c1C(OC(C)(C)C)C(=O)O)CCCC3. The van der Waals surface area contributed by atoms with E-state index in [9.17, 15) is 9.90 Å². The van der Waals surface area contributed by atoms with Crippen LogP contribution >= 0.6 is 22.9 Å². The molecule has 1 N–H and O–H groups in total. The Labute approximate surface area is 185 Å². The summed E-state index contributed by atoms with van der Waals surface area (Å²) in [7, 11) is 0. The molecule has 1 unspecified atom stereocenters. The normalized spacial score (nSPS) is 15.2. The number of benzene rings is 1. The summed E-state index contributed by atoms with van der Waals surface area (Å²) < 4.78 is 6.06. The van der Waals surface area contributed by atoms with Crippen LogP contribution in [0.4, 0.5) is 0 Å². The molecule has 0 saturated carbocycles. The minimum atomic E-state index is -1.10. The van der Waals surface area contributed by atoms with E-state index in [1.165, 1.54) is 16.9 Å². The van der Waals surface area contributed by atoms with Crippen LogP contribution in [0.5, 0.6) is 0 Å². The number of ether oxygens (including phenoxy) is 1. The van der Waals surface area contributed by atoms with E-state index in [-0.39, 0.29) is 0 Å². The van der Waals surface area contributed by atoms with E-state index < -0.39 is 17.7 Å². The largest absolute Gasteiger partial charge is 0.479 e. The first-order valence-corrected chi connectivity index (χ1v) is 11.5. The fraction of sp³-hybridized carbons (Fsp3) is 0.417.